The highest BCUT2D eigenvalue weighted by Gasteiger charge is 2.21. The molecule has 0 aliphatic rings. The van der Waals surface area contributed by atoms with Gasteiger partial charge in [-0.1, -0.05) is 15.9 Å². The second kappa shape index (κ2) is 6.08. The quantitative estimate of drug-likeness (QED) is 0.778. The zero-order chi connectivity index (χ0) is 16.5. The average Bonchev–Trinajstić information content (AvgIpc) is 2.74. The number of esters is 2. The number of rotatable bonds is 3. The highest BCUT2D eigenvalue weighted by atomic mass is 79.9. The minimum absolute atomic E-state index is 0.0821. The highest BCUT2D eigenvalue weighted by molar-refractivity contribution is 9.10. The van der Waals surface area contributed by atoms with Gasteiger partial charge in [0.1, 0.15) is 12.1 Å². The third-order valence-electron chi connectivity index (χ3n) is 2.79. The molecule has 6 nitrogen and oxygen atoms in total. The molecular weight excluding hydrogens is 352 g/mol. The van der Waals surface area contributed by atoms with Crippen LogP contribution in [0.5, 0.6) is 0 Å². The first-order valence-electron chi connectivity index (χ1n) is 6.67. The van der Waals surface area contributed by atoms with E-state index in [-0.39, 0.29) is 12.2 Å². The first kappa shape index (κ1) is 16.5. The van der Waals surface area contributed by atoms with Crippen molar-refractivity contribution in [2.24, 2.45) is 0 Å². The molecule has 118 valence electrons. The molecule has 1 aromatic heterocycles. The molecule has 7 heteroatoms. The van der Waals surface area contributed by atoms with Crippen LogP contribution in [0.25, 0.3) is 10.9 Å². The maximum Gasteiger partial charge on any atom is 0.359 e. The molecule has 1 heterocycles. The van der Waals surface area contributed by atoms with Gasteiger partial charge in [0.25, 0.3) is 0 Å². The molecule has 0 unspecified atom stereocenters. The van der Waals surface area contributed by atoms with Gasteiger partial charge in [-0.3, -0.25) is 9.48 Å². The van der Waals surface area contributed by atoms with Crippen molar-refractivity contribution in [3.8, 4) is 0 Å². The van der Waals surface area contributed by atoms with Gasteiger partial charge in [-0.25, -0.2) is 4.79 Å². The lowest BCUT2D eigenvalue weighted by Crippen LogP contribution is -2.26. The van der Waals surface area contributed by atoms with E-state index in [9.17, 15) is 9.59 Å². The summed E-state index contributed by atoms with van der Waals surface area (Å²) in [5, 5.41) is 4.82. The molecule has 0 amide bonds. The second-order valence-corrected chi connectivity index (χ2v) is 6.66. The number of benzene rings is 1. The predicted molar refractivity (Wildman–Crippen MR) is 84.6 cm³/mol. The fourth-order valence-electron chi connectivity index (χ4n) is 2.01. The molecule has 0 radical (unpaired) electrons. The molecule has 0 saturated carbocycles. The number of carbonyl (C=O) groups excluding carboxylic acids is 2. The van der Waals surface area contributed by atoms with E-state index >= 15 is 0 Å². The van der Waals surface area contributed by atoms with Crippen LogP contribution in [0.4, 0.5) is 0 Å². The third kappa shape index (κ3) is 3.65. The standard InChI is InChI=1S/C15H17BrN2O4/c1-15(2,3)22-12(19)8-18-11-7-9(16)5-6-10(11)13(17-18)14(20)21-4/h5-7H,8H2,1-4H3. The van der Waals surface area contributed by atoms with Crippen LogP contribution in [0.3, 0.4) is 0 Å². The molecule has 0 aliphatic heterocycles. The van der Waals surface area contributed by atoms with Gasteiger partial charge in [-0.05, 0) is 39.0 Å². The molecule has 2 aromatic rings. The van der Waals surface area contributed by atoms with Crippen LogP contribution in [0.15, 0.2) is 22.7 Å². The number of hydrogen-bond acceptors (Lipinski definition) is 5. The average molecular weight is 369 g/mol. The Hall–Kier alpha value is -1.89. The zero-order valence-corrected chi connectivity index (χ0v) is 14.4. The Morgan fingerprint density at radius 1 is 1.32 bits per heavy atom. The fraction of sp³-hybridized carbons (Fsp3) is 0.400. The van der Waals surface area contributed by atoms with Gasteiger partial charge in [0.05, 0.1) is 12.6 Å². The topological polar surface area (TPSA) is 70.4 Å². The SMILES string of the molecule is COC(=O)c1nn(CC(=O)OC(C)(C)C)c2cc(Br)ccc12. The Balaban J connectivity index is 2.43. The molecule has 0 fully saturated rings. The van der Waals surface area contributed by atoms with E-state index in [0.29, 0.717) is 10.9 Å². The molecule has 0 atom stereocenters. The Kier molecular flexibility index (Phi) is 4.55. The normalized spacial score (nSPS) is 11.5. The van der Waals surface area contributed by atoms with Gasteiger partial charge in [-0.15, -0.1) is 0 Å². The largest absolute Gasteiger partial charge is 0.464 e. The lowest BCUT2D eigenvalue weighted by Gasteiger charge is -2.19. The smallest absolute Gasteiger partial charge is 0.359 e. The number of aromatic nitrogens is 2. The van der Waals surface area contributed by atoms with Gasteiger partial charge in [-0.2, -0.15) is 5.10 Å². The summed E-state index contributed by atoms with van der Waals surface area (Å²) in [5.41, 5.74) is 0.250. The van der Waals surface area contributed by atoms with E-state index in [1.54, 1.807) is 39.0 Å². The molecule has 0 aliphatic carbocycles. The van der Waals surface area contributed by atoms with Crippen LogP contribution in [-0.2, 0) is 20.8 Å². The van der Waals surface area contributed by atoms with Crippen molar-refractivity contribution < 1.29 is 19.1 Å². The minimum Gasteiger partial charge on any atom is -0.464 e. The van der Waals surface area contributed by atoms with Crippen molar-refractivity contribution in [2.75, 3.05) is 7.11 Å². The van der Waals surface area contributed by atoms with Crippen molar-refractivity contribution in [1.82, 2.24) is 9.78 Å². The molecule has 0 saturated heterocycles. The van der Waals surface area contributed by atoms with Gasteiger partial charge >= 0.3 is 11.9 Å². The summed E-state index contributed by atoms with van der Waals surface area (Å²) in [6.45, 7) is 5.30. The van der Waals surface area contributed by atoms with Crippen LogP contribution in [0.2, 0.25) is 0 Å². The van der Waals surface area contributed by atoms with E-state index in [1.807, 2.05) is 0 Å². The molecule has 2 rings (SSSR count). The van der Waals surface area contributed by atoms with Gasteiger partial charge in [0.15, 0.2) is 5.69 Å². The summed E-state index contributed by atoms with van der Waals surface area (Å²) in [5.74, 6) is -0.969. The van der Waals surface area contributed by atoms with Crippen molar-refractivity contribution >= 4 is 38.8 Å². The van der Waals surface area contributed by atoms with Crippen LogP contribution < -0.4 is 0 Å². The monoisotopic (exact) mass is 368 g/mol. The Morgan fingerprint density at radius 3 is 2.59 bits per heavy atom. The summed E-state index contributed by atoms with van der Waals surface area (Å²) in [6, 6.07) is 5.34. The second-order valence-electron chi connectivity index (χ2n) is 5.75. The number of nitrogens with zero attached hydrogens (tertiary/aromatic N) is 2. The summed E-state index contributed by atoms with van der Waals surface area (Å²) >= 11 is 3.37. The molecular formula is C15H17BrN2O4. The number of halogens is 1. The van der Waals surface area contributed by atoms with Crippen molar-refractivity contribution in [2.45, 2.75) is 32.9 Å². The van der Waals surface area contributed by atoms with Crippen molar-refractivity contribution in [1.29, 1.82) is 0 Å². The maximum atomic E-state index is 12.0. The van der Waals surface area contributed by atoms with Crippen LogP contribution >= 0.6 is 15.9 Å². The maximum absolute atomic E-state index is 12.0. The first-order valence-corrected chi connectivity index (χ1v) is 7.47. The summed E-state index contributed by atoms with van der Waals surface area (Å²) in [7, 11) is 1.29. The number of fused-ring (bicyclic) bond motifs is 1. The number of methoxy groups -OCH3 is 1. The zero-order valence-electron chi connectivity index (χ0n) is 12.8. The van der Waals surface area contributed by atoms with E-state index < -0.39 is 17.5 Å². The Bertz CT molecular complexity index is 731. The van der Waals surface area contributed by atoms with E-state index in [2.05, 4.69) is 21.0 Å². The highest BCUT2D eigenvalue weighted by Crippen LogP contribution is 2.24. The lowest BCUT2D eigenvalue weighted by atomic mass is 10.2. The first-order chi connectivity index (χ1) is 10.2. The van der Waals surface area contributed by atoms with Gasteiger partial charge < -0.3 is 9.47 Å². The molecule has 0 N–H and O–H groups in total. The van der Waals surface area contributed by atoms with E-state index in [4.69, 9.17) is 9.47 Å². The molecule has 22 heavy (non-hydrogen) atoms. The summed E-state index contributed by atoms with van der Waals surface area (Å²) < 4.78 is 12.3. The predicted octanol–water partition coefficient (Wildman–Crippen LogP) is 2.93. The Morgan fingerprint density at radius 2 is 2.00 bits per heavy atom. The van der Waals surface area contributed by atoms with Crippen LogP contribution in [-0.4, -0.2) is 34.4 Å². The van der Waals surface area contributed by atoms with Gasteiger partial charge in [0, 0.05) is 9.86 Å². The lowest BCUT2D eigenvalue weighted by molar-refractivity contribution is -0.155. The van der Waals surface area contributed by atoms with Crippen molar-refractivity contribution in [3.05, 3.63) is 28.4 Å². The Labute approximate surface area is 136 Å². The molecule has 0 spiro atoms. The van der Waals surface area contributed by atoms with E-state index in [0.717, 1.165) is 4.47 Å². The molecule has 1 aromatic carbocycles. The number of hydrogen-bond donors (Lipinski definition) is 0. The fourth-order valence-corrected chi connectivity index (χ4v) is 2.36. The van der Waals surface area contributed by atoms with E-state index in [1.165, 1.54) is 11.8 Å². The number of carbonyl (C=O) groups is 2. The van der Waals surface area contributed by atoms with Crippen molar-refractivity contribution in [3.63, 3.8) is 0 Å². The molecule has 0 bridgehead atoms. The summed E-state index contributed by atoms with van der Waals surface area (Å²) in [4.78, 5) is 23.8. The summed E-state index contributed by atoms with van der Waals surface area (Å²) in [6.07, 6.45) is 0. The van der Waals surface area contributed by atoms with Crippen LogP contribution in [0.1, 0.15) is 31.3 Å². The van der Waals surface area contributed by atoms with Gasteiger partial charge in [0.2, 0.25) is 0 Å². The number of ether oxygens (including phenoxy) is 2. The third-order valence-corrected chi connectivity index (χ3v) is 3.28. The minimum atomic E-state index is -0.578. The van der Waals surface area contributed by atoms with Crippen LogP contribution in [0, 0.1) is 0 Å².